The lowest BCUT2D eigenvalue weighted by atomic mass is 10.1. The van der Waals surface area contributed by atoms with Gasteiger partial charge in [0.15, 0.2) is 0 Å². The van der Waals surface area contributed by atoms with Crippen molar-refractivity contribution >= 4 is 17.2 Å². The fourth-order valence-corrected chi connectivity index (χ4v) is 2.31. The first-order valence-electron chi connectivity index (χ1n) is 5.91. The monoisotopic (exact) mass is 225 g/mol. The number of pyridine rings is 1. The maximum atomic E-state index is 5.72. The van der Waals surface area contributed by atoms with Crippen molar-refractivity contribution in [2.45, 2.75) is 19.3 Å². The van der Waals surface area contributed by atoms with Gasteiger partial charge in [0.25, 0.3) is 0 Å². The molecule has 1 aromatic carbocycles. The molecular formula is C14H15N3. The highest BCUT2D eigenvalue weighted by Crippen LogP contribution is 2.26. The lowest BCUT2D eigenvalue weighted by molar-refractivity contribution is 0.912. The van der Waals surface area contributed by atoms with E-state index in [1.807, 2.05) is 6.07 Å². The first-order chi connectivity index (χ1) is 8.31. The van der Waals surface area contributed by atoms with Gasteiger partial charge in [-0.15, -0.1) is 0 Å². The van der Waals surface area contributed by atoms with Crippen LogP contribution in [0.5, 0.6) is 0 Å². The molecule has 1 aliphatic rings. The molecule has 0 saturated carbocycles. The van der Waals surface area contributed by atoms with Gasteiger partial charge in [0.1, 0.15) is 5.82 Å². The molecule has 17 heavy (non-hydrogen) atoms. The molecule has 3 nitrogen and oxygen atoms in total. The van der Waals surface area contributed by atoms with E-state index < -0.39 is 0 Å². The van der Waals surface area contributed by atoms with Gasteiger partial charge in [0, 0.05) is 23.6 Å². The molecule has 0 aliphatic heterocycles. The lowest BCUT2D eigenvalue weighted by Crippen LogP contribution is -1.96. The van der Waals surface area contributed by atoms with E-state index in [1.165, 1.54) is 30.4 Å². The molecule has 1 aliphatic carbocycles. The zero-order chi connectivity index (χ0) is 11.7. The predicted octanol–water partition coefficient (Wildman–Crippen LogP) is 2.90. The lowest BCUT2D eigenvalue weighted by Gasteiger charge is -2.08. The summed E-state index contributed by atoms with van der Waals surface area (Å²) in [6.07, 6.45) is 5.39. The van der Waals surface area contributed by atoms with E-state index in [0.29, 0.717) is 0 Å². The number of rotatable bonds is 2. The van der Waals surface area contributed by atoms with Gasteiger partial charge in [-0.1, -0.05) is 6.07 Å². The highest BCUT2D eigenvalue weighted by atomic mass is 15.0. The predicted molar refractivity (Wildman–Crippen MR) is 70.4 cm³/mol. The maximum absolute atomic E-state index is 5.72. The topological polar surface area (TPSA) is 50.9 Å². The first kappa shape index (κ1) is 10.1. The molecule has 0 spiro atoms. The fourth-order valence-electron chi connectivity index (χ4n) is 2.31. The number of nitrogen functional groups attached to an aromatic ring is 1. The molecule has 0 atom stereocenters. The summed E-state index contributed by atoms with van der Waals surface area (Å²) < 4.78 is 0. The van der Waals surface area contributed by atoms with Gasteiger partial charge >= 0.3 is 0 Å². The molecule has 3 heteroatoms. The normalized spacial score (nSPS) is 13.4. The minimum Gasteiger partial charge on any atom is -0.399 e. The number of anilines is 3. The summed E-state index contributed by atoms with van der Waals surface area (Å²) >= 11 is 0. The second-order valence-electron chi connectivity index (χ2n) is 4.44. The fraction of sp³-hybridized carbons (Fsp3) is 0.214. The van der Waals surface area contributed by atoms with Crippen molar-refractivity contribution < 1.29 is 0 Å². The molecule has 0 bridgehead atoms. The van der Waals surface area contributed by atoms with Gasteiger partial charge in [-0.25, -0.2) is 4.98 Å². The largest absolute Gasteiger partial charge is 0.399 e. The van der Waals surface area contributed by atoms with Crippen LogP contribution < -0.4 is 11.1 Å². The third-order valence-electron chi connectivity index (χ3n) is 3.15. The van der Waals surface area contributed by atoms with Gasteiger partial charge in [-0.05, 0) is 48.6 Å². The van der Waals surface area contributed by atoms with E-state index in [0.717, 1.165) is 17.2 Å². The maximum Gasteiger partial charge on any atom is 0.132 e. The second-order valence-corrected chi connectivity index (χ2v) is 4.44. The van der Waals surface area contributed by atoms with E-state index in [2.05, 4.69) is 28.5 Å². The molecule has 0 amide bonds. The molecular weight excluding hydrogens is 210 g/mol. The molecule has 1 heterocycles. The Morgan fingerprint density at radius 2 is 1.94 bits per heavy atom. The number of benzene rings is 1. The summed E-state index contributed by atoms with van der Waals surface area (Å²) in [5, 5.41) is 3.28. The molecule has 0 unspecified atom stereocenters. The van der Waals surface area contributed by atoms with Gasteiger partial charge in [0.05, 0.1) is 0 Å². The Balaban J connectivity index is 1.86. The average Bonchev–Trinajstić information content (AvgIpc) is 2.76. The summed E-state index contributed by atoms with van der Waals surface area (Å²) in [5.41, 5.74) is 10.5. The van der Waals surface area contributed by atoms with Gasteiger partial charge in [-0.2, -0.15) is 0 Å². The number of nitrogens with zero attached hydrogens (tertiary/aromatic N) is 1. The smallest absolute Gasteiger partial charge is 0.132 e. The number of hydrogen-bond acceptors (Lipinski definition) is 3. The molecule has 0 radical (unpaired) electrons. The molecule has 0 saturated heterocycles. The van der Waals surface area contributed by atoms with Crippen LogP contribution in [0, 0.1) is 0 Å². The van der Waals surface area contributed by atoms with Crippen molar-refractivity contribution in [3.63, 3.8) is 0 Å². The highest BCUT2D eigenvalue weighted by Gasteiger charge is 2.10. The van der Waals surface area contributed by atoms with E-state index in [9.17, 15) is 0 Å². The van der Waals surface area contributed by atoms with Gasteiger partial charge in [-0.3, -0.25) is 0 Å². The van der Waals surface area contributed by atoms with Crippen molar-refractivity contribution in [2.75, 3.05) is 11.1 Å². The SMILES string of the molecule is Nc1ccnc(Nc2ccc3c(c2)CCC3)c1. The van der Waals surface area contributed by atoms with Crippen molar-refractivity contribution in [3.05, 3.63) is 47.7 Å². The highest BCUT2D eigenvalue weighted by molar-refractivity contribution is 5.61. The van der Waals surface area contributed by atoms with E-state index in [1.54, 1.807) is 12.3 Å². The zero-order valence-electron chi connectivity index (χ0n) is 9.61. The summed E-state index contributed by atoms with van der Waals surface area (Å²) in [6.45, 7) is 0. The van der Waals surface area contributed by atoms with Gasteiger partial charge < -0.3 is 11.1 Å². The Hall–Kier alpha value is -2.03. The van der Waals surface area contributed by atoms with Crippen LogP contribution in [0.4, 0.5) is 17.2 Å². The summed E-state index contributed by atoms with van der Waals surface area (Å²) in [5.74, 6) is 0.794. The van der Waals surface area contributed by atoms with Crippen LogP contribution in [-0.2, 0) is 12.8 Å². The number of fused-ring (bicyclic) bond motifs is 1. The van der Waals surface area contributed by atoms with Crippen LogP contribution in [0.2, 0.25) is 0 Å². The molecule has 0 fully saturated rings. The number of aryl methyl sites for hydroxylation is 2. The Morgan fingerprint density at radius 3 is 2.82 bits per heavy atom. The van der Waals surface area contributed by atoms with Crippen LogP contribution in [0.25, 0.3) is 0 Å². The molecule has 2 aromatic rings. The number of nitrogens with one attached hydrogen (secondary N) is 1. The average molecular weight is 225 g/mol. The Morgan fingerprint density at radius 1 is 1.06 bits per heavy atom. The van der Waals surface area contributed by atoms with Crippen LogP contribution in [0.1, 0.15) is 17.5 Å². The Labute approximate surface area is 101 Å². The van der Waals surface area contributed by atoms with Crippen molar-refractivity contribution in [2.24, 2.45) is 0 Å². The Bertz CT molecular complexity index is 549. The second kappa shape index (κ2) is 4.09. The quantitative estimate of drug-likeness (QED) is 0.826. The van der Waals surface area contributed by atoms with Crippen molar-refractivity contribution in [1.29, 1.82) is 0 Å². The molecule has 3 rings (SSSR count). The third-order valence-corrected chi connectivity index (χ3v) is 3.15. The van der Waals surface area contributed by atoms with Crippen LogP contribution in [0.15, 0.2) is 36.5 Å². The number of nitrogens with two attached hydrogens (primary N) is 1. The molecule has 3 N–H and O–H groups in total. The minimum absolute atomic E-state index is 0.726. The Kier molecular flexibility index (Phi) is 2.44. The number of aromatic nitrogens is 1. The molecule has 86 valence electrons. The first-order valence-corrected chi connectivity index (χ1v) is 5.91. The zero-order valence-corrected chi connectivity index (χ0v) is 9.61. The van der Waals surface area contributed by atoms with Crippen molar-refractivity contribution in [1.82, 2.24) is 4.98 Å². The minimum atomic E-state index is 0.726. The van der Waals surface area contributed by atoms with Gasteiger partial charge in [0.2, 0.25) is 0 Å². The third kappa shape index (κ3) is 2.09. The number of hydrogen-bond donors (Lipinski definition) is 2. The summed E-state index contributed by atoms with van der Waals surface area (Å²) in [7, 11) is 0. The van der Waals surface area contributed by atoms with E-state index in [4.69, 9.17) is 5.73 Å². The summed E-state index contributed by atoms with van der Waals surface area (Å²) in [4.78, 5) is 4.24. The summed E-state index contributed by atoms with van der Waals surface area (Å²) in [6, 6.07) is 10.2. The van der Waals surface area contributed by atoms with E-state index >= 15 is 0 Å². The van der Waals surface area contributed by atoms with Crippen LogP contribution in [0.3, 0.4) is 0 Å². The van der Waals surface area contributed by atoms with Crippen LogP contribution in [-0.4, -0.2) is 4.98 Å². The van der Waals surface area contributed by atoms with E-state index in [-0.39, 0.29) is 0 Å². The van der Waals surface area contributed by atoms with Crippen molar-refractivity contribution in [3.8, 4) is 0 Å². The standard InChI is InChI=1S/C14H15N3/c15-12-6-7-16-14(9-12)17-13-5-4-10-2-1-3-11(10)8-13/h4-9H,1-3H2,(H3,15,16,17). The van der Waals surface area contributed by atoms with Crippen LogP contribution >= 0.6 is 0 Å². The molecule has 1 aromatic heterocycles.